The van der Waals surface area contributed by atoms with Gasteiger partial charge in [-0.2, -0.15) is 4.31 Å². The fraction of sp³-hybridized carbons (Fsp3) is 0.238. The molecule has 1 amide bonds. The van der Waals surface area contributed by atoms with Crippen LogP contribution in [0.15, 0.2) is 65.6 Å². The summed E-state index contributed by atoms with van der Waals surface area (Å²) in [5.41, 5.74) is 1.41. The molecule has 7 heteroatoms. The van der Waals surface area contributed by atoms with E-state index < -0.39 is 10.0 Å². The van der Waals surface area contributed by atoms with Gasteiger partial charge in [0.15, 0.2) is 5.78 Å². The Morgan fingerprint density at radius 3 is 2.07 bits per heavy atom. The smallest absolute Gasteiger partial charge is 0.246 e. The summed E-state index contributed by atoms with van der Waals surface area (Å²) in [6.07, 6.45) is 3.27. The molecule has 2 aromatic rings. The summed E-state index contributed by atoms with van der Waals surface area (Å²) in [4.78, 5) is 25.5. The first kappa shape index (κ1) is 20.0. The molecule has 0 spiro atoms. The quantitative estimate of drug-likeness (QED) is 0.573. The second kappa shape index (κ2) is 8.50. The second-order valence-corrected chi connectivity index (χ2v) is 8.49. The van der Waals surface area contributed by atoms with E-state index in [1.807, 2.05) is 30.3 Å². The number of hydrogen-bond donors (Lipinski definition) is 0. The van der Waals surface area contributed by atoms with Crippen molar-refractivity contribution in [1.82, 2.24) is 9.21 Å². The average molecular weight is 398 g/mol. The van der Waals surface area contributed by atoms with Gasteiger partial charge in [-0.3, -0.25) is 9.59 Å². The molecule has 1 saturated heterocycles. The number of hydrogen-bond acceptors (Lipinski definition) is 4. The maximum absolute atomic E-state index is 12.8. The monoisotopic (exact) mass is 398 g/mol. The van der Waals surface area contributed by atoms with Crippen LogP contribution in [0.4, 0.5) is 0 Å². The van der Waals surface area contributed by atoms with Crippen LogP contribution in [0.2, 0.25) is 0 Å². The maximum Gasteiger partial charge on any atom is 0.246 e. The Labute approximate surface area is 165 Å². The van der Waals surface area contributed by atoms with E-state index in [0.717, 1.165) is 5.56 Å². The van der Waals surface area contributed by atoms with E-state index in [0.29, 0.717) is 18.7 Å². The van der Waals surface area contributed by atoms with Crippen molar-refractivity contribution in [2.45, 2.75) is 11.8 Å². The molecule has 3 rings (SSSR count). The van der Waals surface area contributed by atoms with Crippen molar-refractivity contribution in [2.75, 3.05) is 26.2 Å². The molecule has 28 heavy (non-hydrogen) atoms. The van der Waals surface area contributed by atoms with Crippen molar-refractivity contribution in [2.24, 2.45) is 0 Å². The Morgan fingerprint density at radius 2 is 1.50 bits per heavy atom. The van der Waals surface area contributed by atoms with Gasteiger partial charge in [-0.25, -0.2) is 8.42 Å². The van der Waals surface area contributed by atoms with Gasteiger partial charge in [-0.05, 0) is 30.7 Å². The van der Waals surface area contributed by atoms with Crippen LogP contribution in [0.5, 0.6) is 0 Å². The molecule has 0 saturated carbocycles. The Kier molecular flexibility index (Phi) is 6.06. The number of rotatable bonds is 5. The lowest BCUT2D eigenvalue weighted by Crippen LogP contribution is -2.50. The molecular weight excluding hydrogens is 376 g/mol. The Morgan fingerprint density at radius 1 is 0.893 bits per heavy atom. The van der Waals surface area contributed by atoms with Crippen LogP contribution in [-0.2, 0) is 14.8 Å². The van der Waals surface area contributed by atoms with Crippen LogP contribution in [0, 0.1) is 0 Å². The van der Waals surface area contributed by atoms with E-state index in [9.17, 15) is 18.0 Å². The highest BCUT2D eigenvalue weighted by Crippen LogP contribution is 2.19. The zero-order valence-corrected chi connectivity index (χ0v) is 16.4. The summed E-state index contributed by atoms with van der Waals surface area (Å²) in [7, 11) is -3.64. The third-order valence-corrected chi connectivity index (χ3v) is 6.58. The van der Waals surface area contributed by atoms with Gasteiger partial charge in [0.2, 0.25) is 15.9 Å². The Bertz CT molecular complexity index is 975. The van der Waals surface area contributed by atoms with Gasteiger partial charge >= 0.3 is 0 Å². The summed E-state index contributed by atoms with van der Waals surface area (Å²) in [5.74, 6) is -0.244. The van der Waals surface area contributed by atoms with E-state index in [1.54, 1.807) is 11.0 Å². The summed E-state index contributed by atoms with van der Waals surface area (Å²) < 4.78 is 26.9. The van der Waals surface area contributed by atoms with Gasteiger partial charge in [0.05, 0.1) is 4.90 Å². The van der Waals surface area contributed by atoms with Crippen LogP contribution >= 0.6 is 0 Å². The molecule has 0 N–H and O–H groups in total. The first-order valence-corrected chi connectivity index (χ1v) is 10.4. The largest absolute Gasteiger partial charge is 0.337 e. The molecule has 1 aliphatic heterocycles. The van der Waals surface area contributed by atoms with Crippen molar-refractivity contribution in [3.8, 4) is 0 Å². The van der Waals surface area contributed by atoms with E-state index in [4.69, 9.17) is 0 Å². The number of sulfonamides is 1. The third kappa shape index (κ3) is 4.55. The third-order valence-electron chi connectivity index (χ3n) is 4.67. The maximum atomic E-state index is 12.8. The number of amides is 1. The summed E-state index contributed by atoms with van der Waals surface area (Å²) in [6, 6.07) is 15.5. The molecule has 0 aromatic heterocycles. The molecule has 146 valence electrons. The molecule has 0 bridgehead atoms. The van der Waals surface area contributed by atoms with Crippen molar-refractivity contribution in [3.63, 3.8) is 0 Å². The number of carbonyl (C=O) groups is 2. The zero-order valence-electron chi connectivity index (χ0n) is 15.6. The predicted molar refractivity (Wildman–Crippen MR) is 107 cm³/mol. The highest BCUT2D eigenvalue weighted by atomic mass is 32.2. The van der Waals surface area contributed by atoms with E-state index >= 15 is 0 Å². The van der Waals surface area contributed by atoms with Gasteiger partial charge in [0.1, 0.15) is 0 Å². The lowest BCUT2D eigenvalue weighted by molar-refractivity contribution is -0.127. The summed E-state index contributed by atoms with van der Waals surface area (Å²) in [5, 5.41) is 0. The van der Waals surface area contributed by atoms with Gasteiger partial charge < -0.3 is 4.90 Å². The Hall–Kier alpha value is -2.77. The molecule has 0 unspecified atom stereocenters. The average Bonchev–Trinajstić information content (AvgIpc) is 2.73. The molecule has 1 aliphatic rings. The minimum Gasteiger partial charge on any atom is -0.337 e. The van der Waals surface area contributed by atoms with Crippen LogP contribution in [0.25, 0.3) is 6.08 Å². The van der Waals surface area contributed by atoms with Crippen LogP contribution in [0.1, 0.15) is 22.8 Å². The van der Waals surface area contributed by atoms with Gasteiger partial charge in [0, 0.05) is 37.8 Å². The normalized spacial score (nSPS) is 15.7. The predicted octanol–water partition coefficient (Wildman–Crippen LogP) is 2.44. The SMILES string of the molecule is CC(=O)c1ccc(S(=O)(=O)N2CCN(C(=O)/C=C/c3ccccc3)CC2)cc1. The molecule has 0 aliphatic carbocycles. The van der Waals surface area contributed by atoms with Crippen LogP contribution in [0.3, 0.4) is 0 Å². The lowest BCUT2D eigenvalue weighted by Gasteiger charge is -2.33. The van der Waals surface area contributed by atoms with Gasteiger partial charge in [-0.15, -0.1) is 0 Å². The topological polar surface area (TPSA) is 74.8 Å². The number of ketones is 1. The molecule has 1 heterocycles. The first-order chi connectivity index (χ1) is 13.4. The number of carbonyl (C=O) groups excluding carboxylic acids is 2. The van der Waals surface area contributed by atoms with E-state index in [-0.39, 0.29) is 29.7 Å². The van der Waals surface area contributed by atoms with Crippen molar-refractivity contribution >= 4 is 27.8 Å². The second-order valence-electron chi connectivity index (χ2n) is 6.55. The van der Waals surface area contributed by atoms with E-state index in [2.05, 4.69) is 0 Å². The number of nitrogens with zero attached hydrogens (tertiary/aromatic N) is 2. The number of benzene rings is 2. The fourth-order valence-corrected chi connectivity index (χ4v) is 4.42. The standard InChI is InChI=1S/C21H22N2O4S/c1-17(24)19-8-10-20(11-9-19)28(26,27)23-15-13-22(14-16-23)21(25)12-7-18-5-3-2-4-6-18/h2-12H,13-16H2,1H3/b12-7+. The highest BCUT2D eigenvalue weighted by molar-refractivity contribution is 7.89. The number of piperazine rings is 1. The first-order valence-electron chi connectivity index (χ1n) is 9.01. The van der Waals surface area contributed by atoms with Crippen LogP contribution in [-0.4, -0.2) is 55.5 Å². The van der Waals surface area contributed by atoms with Gasteiger partial charge in [0.25, 0.3) is 0 Å². The zero-order chi connectivity index (χ0) is 20.1. The summed E-state index contributed by atoms with van der Waals surface area (Å²) in [6.45, 7) is 2.58. The number of Topliss-reactive ketones (excluding diaryl/α,β-unsaturated/α-hetero) is 1. The lowest BCUT2D eigenvalue weighted by atomic mass is 10.2. The fourth-order valence-electron chi connectivity index (χ4n) is 3.00. The molecule has 6 nitrogen and oxygen atoms in total. The minimum atomic E-state index is -3.64. The molecule has 0 atom stereocenters. The summed E-state index contributed by atoms with van der Waals surface area (Å²) >= 11 is 0. The molecule has 0 radical (unpaired) electrons. The van der Waals surface area contributed by atoms with Crippen molar-refractivity contribution in [1.29, 1.82) is 0 Å². The molecule has 1 fully saturated rings. The molecule has 2 aromatic carbocycles. The van der Waals surface area contributed by atoms with Gasteiger partial charge in [-0.1, -0.05) is 42.5 Å². The van der Waals surface area contributed by atoms with Crippen molar-refractivity contribution in [3.05, 3.63) is 71.8 Å². The van der Waals surface area contributed by atoms with Crippen LogP contribution < -0.4 is 0 Å². The van der Waals surface area contributed by atoms with E-state index in [1.165, 1.54) is 41.6 Å². The molecular formula is C21H22N2O4S. The highest BCUT2D eigenvalue weighted by Gasteiger charge is 2.29. The minimum absolute atomic E-state index is 0.111. The Balaban J connectivity index is 1.61. The van der Waals surface area contributed by atoms with Crippen molar-refractivity contribution < 1.29 is 18.0 Å².